The molecule has 0 spiro atoms. The number of aromatic nitrogens is 3. The average Bonchev–Trinajstić information content (AvgIpc) is 3.42. The molecule has 2 aliphatic rings. The third-order valence-electron chi connectivity index (χ3n) is 7.21. The molecule has 9 nitrogen and oxygen atoms in total. The van der Waals surface area contributed by atoms with Crippen LogP contribution in [0, 0.1) is 5.82 Å². The van der Waals surface area contributed by atoms with Gasteiger partial charge >= 0.3 is 0 Å². The van der Waals surface area contributed by atoms with Crippen LogP contribution >= 0.6 is 11.6 Å². The Morgan fingerprint density at radius 1 is 1.24 bits per heavy atom. The third kappa shape index (κ3) is 4.36. The van der Waals surface area contributed by atoms with Crippen molar-refractivity contribution < 1.29 is 27.9 Å². The van der Waals surface area contributed by atoms with Crippen LogP contribution in [0.15, 0.2) is 36.5 Å². The number of fused-ring (bicyclic) bond motifs is 1. The number of likely N-dealkylation sites (tertiary alicyclic amines) is 1. The Bertz CT molecular complexity index is 1410. The molecule has 3 atom stereocenters. The topological polar surface area (TPSA) is 120 Å². The summed E-state index contributed by atoms with van der Waals surface area (Å²) in [7, 11) is 1.28. The number of pyridine rings is 1. The van der Waals surface area contributed by atoms with Gasteiger partial charge in [0.1, 0.15) is 30.7 Å². The molecule has 2 amide bonds. The molecule has 1 saturated carbocycles. The van der Waals surface area contributed by atoms with E-state index in [-0.39, 0.29) is 29.3 Å². The highest BCUT2D eigenvalue weighted by Crippen LogP contribution is 2.53. The second-order valence-corrected chi connectivity index (χ2v) is 9.88. The fraction of sp³-hybridized carbons (Fsp3) is 0.400. The van der Waals surface area contributed by atoms with E-state index >= 15 is 0 Å². The first-order valence-corrected chi connectivity index (χ1v) is 12.1. The number of Topliss-reactive ketones (excluding diaryl/α,β-unsaturated/α-hetero) is 1. The summed E-state index contributed by atoms with van der Waals surface area (Å²) >= 11 is 5.96. The molecule has 2 fully saturated rings. The number of primary amides is 1. The molecule has 0 radical (unpaired) electrons. The largest absolute Gasteiger partial charge is 0.376 e. The smallest absolute Gasteiger partial charge is 0.269 e. The molecule has 0 bridgehead atoms. The van der Waals surface area contributed by atoms with Crippen molar-refractivity contribution in [2.24, 2.45) is 5.73 Å². The number of amides is 2. The predicted molar refractivity (Wildman–Crippen MR) is 129 cm³/mol. The van der Waals surface area contributed by atoms with E-state index in [0.717, 1.165) is 4.90 Å². The van der Waals surface area contributed by atoms with Crippen LogP contribution in [0.4, 0.5) is 8.78 Å². The molecule has 1 saturated heterocycles. The van der Waals surface area contributed by atoms with Crippen molar-refractivity contribution in [3.8, 4) is 0 Å². The maximum Gasteiger partial charge on any atom is 0.269 e. The zero-order valence-corrected chi connectivity index (χ0v) is 20.6. The Morgan fingerprint density at radius 3 is 2.68 bits per heavy atom. The normalized spacial score (nSPS) is 22.4. The average molecular weight is 532 g/mol. The van der Waals surface area contributed by atoms with Crippen molar-refractivity contribution >= 4 is 40.2 Å². The minimum absolute atomic E-state index is 0.0390. The number of carbonyl (C=O) groups is 3. The van der Waals surface area contributed by atoms with Crippen LogP contribution in [0.5, 0.6) is 0 Å². The number of methoxy groups -OCH3 is 1. The molecule has 1 aliphatic heterocycles. The van der Waals surface area contributed by atoms with Crippen LogP contribution in [-0.2, 0) is 26.3 Å². The first-order valence-electron chi connectivity index (χ1n) is 11.7. The lowest BCUT2D eigenvalue weighted by Gasteiger charge is -2.28. The molecule has 3 aromatic rings. The van der Waals surface area contributed by atoms with Crippen molar-refractivity contribution in [3.63, 3.8) is 0 Å². The first-order chi connectivity index (χ1) is 17.7. The number of nitrogens with zero attached hydrogens (tertiary/aromatic N) is 4. The van der Waals surface area contributed by atoms with Gasteiger partial charge in [0.15, 0.2) is 17.1 Å². The summed E-state index contributed by atoms with van der Waals surface area (Å²) in [5.41, 5.74) is 5.19. The Kier molecular flexibility index (Phi) is 6.45. The van der Waals surface area contributed by atoms with E-state index in [1.54, 1.807) is 24.3 Å². The molecule has 2 aromatic heterocycles. The SMILES string of the molecule is CO[C@H]1[C@@H](C(=O)CC2(c3cccc(Cl)c3F)CC2)N(C(=O)Cn2nc(C(N)=O)c3cccnc32)C[C@@H]1F. The van der Waals surface area contributed by atoms with E-state index in [1.807, 2.05) is 0 Å². The molecule has 1 aromatic carbocycles. The van der Waals surface area contributed by atoms with Gasteiger partial charge in [-0.15, -0.1) is 0 Å². The van der Waals surface area contributed by atoms with Gasteiger partial charge in [0, 0.05) is 25.1 Å². The summed E-state index contributed by atoms with van der Waals surface area (Å²) in [5, 5.41) is 4.45. The highest BCUT2D eigenvalue weighted by Gasteiger charge is 2.53. The number of ketones is 1. The molecular weight excluding hydrogens is 508 g/mol. The molecular formula is C25H24ClF2N5O4. The van der Waals surface area contributed by atoms with Gasteiger partial charge < -0.3 is 15.4 Å². The summed E-state index contributed by atoms with van der Waals surface area (Å²) in [6.07, 6.45) is -0.272. The standard InChI is InChI=1S/C25H24ClF2N5O4/c1-37-22-16(27)11-32(18(35)12-33-24-13(4-3-9-30-24)20(31-33)23(29)36)21(22)17(34)10-25(7-8-25)14-5-2-6-15(26)19(14)28/h2-6,9,16,21-22H,7-8,10-12H2,1H3,(H2,29,36)/t16-,21+,22+/m0/s1. The Balaban J connectivity index is 1.42. The van der Waals surface area contributed by atoms with Crippen molar-refractivity contribution in [3.05, 3.63) is 58.6 Å². The van der Waals surface area contributed by atoms with Crippen LogP contribution in [0.2, 0.25) is 5.02 Å². The quantitative estimate of drug-likeness (QED) is 0.477. The maximum atomic E-state index is 15.0. The van der Waals surface area contributed by atoms with E-state index in [9.17, 15) is 23.2 Å². The lowest BCUT2D eigenvalue weighted by Crippen LogP contribution is -2.48. The number of nitrogens with two attached hydrogens (primary N) is 1. The van der Waals surface area contributed by atoms with E-state index in [4.69, 9.17) is 22.1 Å². The lowest BCUT2D eigenvalue weighted by molar-refractivity contribution is -0.141. The number of carbonyl (C=O) groups excluding carboxylic acids is 3. The number of benzene rings is 1. The fourth-order valence-electron chi connectivity index (χ4n) is 5.24. The Hall–Kier alpha value is -3.44. The molecule has 3 heterocycles. The van der Waals surface area contributed by atoms with Gasteiger partial charge in [-0.05, 0) is 36.6 Å². The van der Waals surface area contributed by atoms with Gasteiger partial charge in [0.25, 0.3) is 5.91 Å². The summed E-state index contributed by atoms with van der Waals surface area (Å²) in [6.45, 7) is -0.761. The summed E-state index contributed by atoms with van der Waals surface area (Å²) < 4.78 is 36.2. The van der Waals surface area contributed by atoms with Crippen LogP contribution < -0.4 is 5.73 Å². The highest BCUT2D eigenvalue weighted by atomic mass is 35.5. The van der Waals surface area contributed by atoms with Crippen molar-refractivity contribution in [2.45, 2.75) is 49.5 Å². The molecule has 37 heavy (non-hydrogen) atoms. The van der Waals surface area contributed by atoms with E-state index in [1.165, 1.54) is 24.1 Å². The van der Waals surface area contributed by atoms with Gasteiger partial charge in [-0.1, -0.05) is 23.7 Å². The second kappa shape index (κ2) is 9.46. The lowest BCUT2D eigenvalue weighted by atomic mass is 9.87. The molecule has 5 rings (SSSR count). The van der Waals surface area contributed by atoms with Crippen LogP contribution in [0.1, 0.15) is 35.3 Å². The monoisotopic (exact) mass is 531 g/mol. The number of rotatable bonds is 8. The van der Waals surface area contributed by atoms with Crippen LogP contribution in [-0.4, -0.2) is 69.2 Å². The summed E-state index contributed by atoms with van der Waals surface area (Å²) in [4.78, 5) is 44.1. The summed E-state index contributed by atoms with van der Waals surface area (Å²) in [5.74, 6) is -2.41. The molecule has 1 aliphatic carbocycles. The molecule has 12 heteroatoms. The van der Waals surface area contributed by atoms with Gasteiger partial charge in [0.2, 0.25) is 5.91 Å². The number of alkyl halides is 1. The third-order valence-corrected chi connectivity index (χ3v) is 7.50. The van der Waals surface area contributed by atoms with E-state index < -0.39 is 53.7 Å². The zero-order valence-electron chi connectivity index (χ0n) is 19.9. The fourth-order valence-corrected chi connectivity index (χ4v) is 5.41. The Morgan fingerprint density at radius 2 is 2.00 bits per heavy atom. The summed E-state index contributed by atoms with van der Waals surface area (Å²) in [6, 6.07) is 6.64. The van der Waals surface area contributed by atoms with Crippen molar-refractivity contribution in [1.29, 1.82) is 0 Å². The van der Waals surface area contributed by atoms with Gasteiger partial charge in [0.05, 0.1) is 17.0 Å². The minimum atomic E-state index is -1.60. The first kappa shape index (κ1) is 25.2. The van der Waals surface area contributed by atoms with Crippen LogP contribution in [0.3, 0.4) is 0 Å². The Labute approximate surface area is 215 Å². The minimum Gasteiger partial charge on any atom is -0.376 e. The van der Waals surface area contributed by atoms with Gasteiger partial charge in [-0.3, -0.25) is 14.4 Å². The van der Waals surface area contributed by atoms with Gasteiger partial charge in [-0.2, -0.15) is 5.10 Å². The van der Waals surface area contributed by atoms with E-state index in [2.05, 4.69) is 10.1 Å². The van der Waals surface area contributed by atoms with Crippen molar-refractivity contribution in [1.82, 2.24) is 19.7 Å². The number of halogens is 3. The predicted octanol–water partition coefficient (Wildman–Crippen LogP) is 2.58. The molecule has 2 N–H and O–H groups in total. The number of hydrogen-bond acceptors (Lipinski definition) is 6. The van der Waals surface area contributed by atoms with E-state index in [0.29, 0.717) is 23.8 Å². The van der Waals surface area contributed by atoms with Crippen LogP contribution in [0.25, 0.3) is 11.0 Å². The maximum absolute atomic E-state index is 15.0. The number of ether oxygens (including phenoxy) is 1. The molecule has 194 valence electrons. The van der Waals surface area contributed by atoms with Crippen molar-refractivity contribution in [2.75, 3.05) is 13.7 Å². The molecule has 0 unspecified atom stereocenters. The zero-order chi connectivity index (χ0) is 26.5. The number of hydrogen-bond donors (Lipinski definition) is 1. The van der Waals surface area contributed by atoms with Gasteiger partial charge in [-0.25, -0.2) is 18.4 Å². The second-order valence-electron chi connectivity index (χ2n) is 9.48. The highest BCUT2D eigenvalue weighted by molar-refractivity contribution is 6.30.